The molecule has 12 nitrogen and oxygen atoms in total. The van der Waals surface area contributed by atoms with Gasteiger partial charge in [-0.3, -0.25) is 9.35 Å². The molecule has 0 aromatic heterocycles. The second-order valence-corrected chi connectivity index (χ2v) is 18.1. The number of unbranched alkanes of at least 4 members (excludes halogenated alkanes) is 24. The number of hydrogen-bond donors (Lipinski definition) is 4. The first-order chi connectivity index (χ1) is 30.1. The number of aliphatic hydroxyl groups excluding tert-OH is 3. The molecular weight excluding hydrogens is 813 g/mol. The van der Waals surface area contributed by atoms with E-state index in [-0.39, 0.29) is 19.6 Å². The van der Waals surface area contributed by atoms with E-state index in [2.05, 4.69) is 54.5 Å². The Bertz CT molecular complexity index is 1230. The predicted octanol–water partition coefficient (Wildman–Crippen LogP) is 11.0. The Morgan fingerprint density at radius 2 is 1.06 bits per heavy atom. The van der Waals surface area contributed by atoms with E-state index in [1.807, 2.05) is 0 Å². The number of esters is 1. The Balaban J connectivity index is 2.39. The van der Waals surface area contributed by atoms with Crippen molar-refractivity contribution in [1.82, 2.24) is 0 Å². The van der Waals surface area contributed by atoms with Gasteiger partial charge in [-0.25, -0.2) is 4.18 Å². The van der Waals surface area contributed by atoms with E-state index >= 15 is 0 Å². The lowest BCUT2D eigenvalue weighted by atomic mass is 9.99. The van der Waals surface area contributed by atoms with E-state index in [4.69, 9.17) is 18.9 Å². The largest absolute Gasteiger partial charge is 0.457 e. The molecule has 4 N–H and O–H groups in total. The van der Waals surface area contributed by atoms with Gasteiger partial charge in [0, 0.05) is 13.0 Å². The van der Waals surface area contributed by atoms with Crippen molar-refractivity contribution >= 4 is 16.4 Å². The van der Waals surface area contributed by atoms with Gasteiger partial charge >= 0.3 is 16.4 Å². The summed E-state index contributed by atoms with van der Waals surface area (Å²) in [7, 11) is -5.06. The summed E-state index contributed by atoms with van der Waals surface area (Å²) < 4.78 is 59.2. The highest BCUT2D eigenvalue weighted by molar-refractivity contribution is 7.80. The summed E-state index contributed by atoms with van der Waals surface area (Å²) >= 11 is 0. The van der Waals surface area contributed by atoms with Crippen LogP contribution >= 0.6 is 0 Å². The SMILES string of the molecule is CCCCC/C=C\C/C=C\CCCCCCCCCC(=O)OC(COCCCCCCCCCC/C=C\CCCCCCCC)COC1OC(CO)C(O)C(OS(=O)(=O)O)C1O. The number of allylic oxidation sites excluding steroid dienone is 6. The number of aliphatic hydroxyl groups is 3. The standard InChI is InChI=1S/C49H90O12S/c1-3-5-7-9-11-13-15-17-19-21-23-25-27-29-31-33-35-37-39-57-41-43(42-58-49-47(53)48(61-62(54,55)56)46(52)44(40-50)60-49)59-45(51)38-36-34-32-30-28-26-24-22-20-18-16-14-12-10-8-6-4-2/h12,14,17-20,43-44,46-50,52-53H,3-11,13,15-16,21-42H2,1-2H3,(H,54,55,56)/b14-12-,19-17-,20-18-. The minimum atomic E-state index is -5.06. The van der Waals surface area contributed by atoms with Crippen LogP contribution in [0.15, 0.2) is 36.5 Å². The van der Waals surface area contributed by atoms with Crippen LogP contribution < -0.4 is 0 Å². The van der Waals surface area contributed by atoms with Crippen LogP contribution in [0.4, 0.5) is 0 Å². The quantitative estimate of drug-likeness (QED) is 0.0197. The van der Waals surface area contributed by atoms with Gasteiger partial charge in [-0.1, -0.05) is 166 Å². The summed E-state index contributed by atoms with van der Waals surface area (Å²) in [6.07, 6.45) is 38.8. The molecule has 0 bridgehead atoms. The van der Waals surface area contributed by atoms with Crippen molar-refractivity contribution in [1.29, 1.82) is 0 Å². The molecular formula is C49H90O12S. The summed E-state index contributed by atoms with van der Waals surface area (Å²) in [4.78, 5) is 12.9. The third kappa shape index (κ3) is 33.8. The van der Waals surface area contributed by atoms with Gasteiger partial charge in [-0.15, -0.1) is 0 Å². The molecule has 0 spiro atoms. The number of hydrogen-bond acceptors (Lipinski definition) is 11. The summed E-state index contributed by atoms with van der Waals surface area (Å²) in [5, 5.41) is 30.7. The molecule has 1 rings (SSSR count). The normalized spacial score (nSPS) is 20.3. The fraction of sp³-hybridized carbons (Fsp3) is 0.857. The average Bonchev–Trinajstić information content (AvgIpc) is 3.24. The van der Waals surface area contributed by atoms with Crippen molar-refractivity contribution in [3.63, 3.8) is 0 Å². The maximum absolute atomic E-state index is 12.9. The molecule has 1 fully saturated rings. The summed E-state index contributed by atoms with van der Waals surface area (Å²) in [5.74, 6) is -0.407. The lowest BCUT2D eigenvalue weighted by molar-refractivity contribution is -0.301. The van der Waals surface area contributed by atoms with Gasteiger partial charge in [0.05, 0.1) is 19.8 Å². The highest BCUT2D eigenvalue weighted by Gasteiger charge is 2.48. The molecule has 0 amide bonds. The first-order valence-electron chi connectivity index (χ1n) is 24.7. The third-order valence-electron chi connectivity index (χ3n) is 11.2. The molecule has 13 heteroatoms. The minimum Gasteiger partial charge on any atom is -0.457 e. The maximum Gasteiger partial charge on any atom is 0.397 e. The Labute approximate surface area is 377 Å². The highest BCUT2D eigenvalue weighted by Crippen LogP contribution is 2.26. The van der Waals surface area contributed by atoms with Crippen LogP contribution in [0, 0.1) is 0 Å². The van der Waals surface area contributed by atoms with Gasteiger partial charge in [0.1, 0.15) is 30.5 Å². The zero-order valence-corrected chi connectivity index (χ0v) is 39.7. The fourth-order valence-corrected chi connectivity index (χ4v) is 7.97. The lowest BCUT2D eigenvalue weighted by Crippen LogP contribution is -2.60. The third-order valence-corrected chi connectivity index (χ3v) is 11.7. The van der Waals surface area contributed by atoms with Gasteiger partial charge in [0.15, 0.2) is 6.29 Å². The first-order valence-corrected chi connectivity index (χ1v) is 26.1. The van der Waals surface area contributed by atoms with Gasteiger partial charge < -0.3 is 34.3 Å². The van der Waals surface area contributed by atoms with Gasteiger partial charge in [0.2, 0.25) is 0 Å². The Hall–Kier alpha value is -1.68. The topological polar surface area (TPSA) is 178 Å². The molecule has 6 atom stereocenters. The Morgan fingerprint density at radius 1 is 0.613 bits per heavy atom. The smallest absolute Gasteiger partial charge is 0.397 e. The lowest BCUT2D eigenvalue weighted by Gasteiger charge is -2.41. The van der Waals surface area contributed by atoms with Crippen LogP contribution in [-0.2, 0) is 38.3 Å². The van der Waals surface area contributed by atoms with Gasteiger partial charge in [-0.05, 0) is 70.6 Å². The van der Waals surface area contributed by atoms with Crippen molar-refractivity contribution in [2.75, 3.05) is 26.4 Å². The molecule has 62 heavy (non-hydrogen) atoms. The summed E-state index contributed by atoms with van der Waals surface area (Å²) in [6.45, 7) is 3.96. The number of rotatable bonds is 43. The van der Waals surface area contributed by atoms with Gasteiger partial charge in [-0.2, -0.15) is 8.42 Å². The fourth-order valence-electron chi connectivity index (χ4n) is 7.46. The maximum atomic E-state index is 12.9. The monoisotopic (exact) mass is 903 g/mol. The zero-order chi connectivity index (χ0) is 45.4. The minimum absolute atomic E-state index is 0.0316. The number of carbonyl (C=O) groups is 1. The molecule has 0 aliphatic carbocycles. The van der Waals surface area contributed by atoms with Crippen LogP contribution in [-0.4, -0.2) is 97.5 Å². The molecule has 6 unspecified atom stereocenters. The molecule has 0 aromatic rings. The average molecular weight is 903 g/mol. The highest BCUT2D eigenvalue weighted by atomic mass is 32.3. The summed E-state index contributed by atoms with van der Waals surface area (Å²) in [6, 6.07) is 0. The second-order valence-electron chi connectivity index (χ2n) is 17.0. The van der Waals surface area contributed by atoms with Crippen LogP contribution in [0.25, 0.3) is 0 Å². The van der Waals surface area contributed by atoms with Crippen LogP contribution in [0.1, 0.15) is 206 Å². The van der Waals surface area contributed by atoms with Crippen molar-refractivity contribution in [2.24, 2.45) is 0 Å². The molecule has 1 saturated heterocycles. The Kier molecular flexibility index (Phi) is 38.4. The molecule has 1 aliphatic rings. The Morgan fingerprint density at radius 3 is 1.58 bits per heavy atom. The molecule has 364 valence electrons. The zero-order valence-electron chi connectivity index (χ0n) is 38.9. The van der Waals surface area contributed by atoms with Crippen LogP contribution in [0.2, 0.25) is 0 Å². The van der Waals surface area contributed by atoms with Crippen LogP contribution in [0.3, 0.4) is 0 Å². The van der Waals surface area contributed by atoms with E-state index in [1.54, 1.807) is 0 Å². The van der Waals surface area contributed by atoms with E-state index in [0.29, 0.717) is 13.0 Å². The second kappa shape index (κ2) is 40.8. The van der Waals surface area contributed by atoms with E-state index in [1.165, 1.54) is 128 Å². The first kappa shape index (κ1) is 58.3. The number of carbonyl (C=O) groups excluding carboxylic acids is 1. The van der Waals surface area contributed by atoms with E-state index < -0.39 is 59.8 Å². The van der Waals surface area contributed by atoms with Gasteiger partial charge in [0.25, 0.3) is 0 Å². The number of ether oxygens (including phenoxy) is 4. The van der Waals surface area contributed by atoms with Crippen molar-refractivity contribution in [3.05, 3.63) is 36.5 Å². The van der Waals surface area contributed by atoms with Crippen LogP contribution in [0.5, 0.6) is 0 Å². The molecule has 0 radical (unpaired) electrons. The van der Waals surface area contributed by atoms with Crippen molar-refractivity contribution in [2.45, 2.75) is 243 Å². The predicted molar refractivity (Wildman–Crippen MR) is 248 cm³/mol. The molecule has 1 heterocycles. The molecule has 1 aliphatic heterocycles. The van der Waals surface area contributed by atoms with E-state index in [9.17, 15) is 33.1 Å². The van der Waals surface area contributed by atoms with Crippen molar-refractivity contribution in [3.8, 4) is 0 Å². The van der Waals surface area contributed by atoms with E-state index in [0.717, 1.165) is 51.4 Å². The molecule has 0 saturated carbocycles. The van der Waals surface area contributed by atoms with Crippen molar-refractivity contribution < 1.29 is 56.2 Å². The summed E-state index contributed by atoms with van der Waals surface area (Å²) in [5.41, 5.74) is 0. The molecule has 0 aromatic carbocycles.